The number of thiazole rings is 1. The van der Waals surface area contributed by atoms with Gasteiger partial charge >= 0.3 is 5.97 Å². The number of hydrogen-bond donors (Lipinski definition) is 3. The second-order valence-corrected chi connectivity index (χ2v) is 7.33. The molecule has 30 heavy (non-hydrogen) atoms. The molecule has 0 saturated carbocycles. The van der Waals surface area contributed by atoms with E-state index in [1.165, 1.54) is 35.6 Å². The van der Waals surface area contributed by atoms with Gasteiger partial charge in [0.2, 0.25) is 5.91 Å². The quantitative estimate of drug-likeness (QED) is 0.334. The maximum absolute atomic E-state index is 13.0. The van der Waals surface area contributed by atoms with Crippen LogP contribution >= 0.6 is 11.3 Å². The highest BCUT2D eigenvalue weighted by Crippen LogP contribution is 2.24. The average Bonchev–Trinajstić information content (AvgIpc) is 3.10. The van der Waals surface area contributed by atoms with Gasteiger partial charge in [0, 0.05) is 12.2 Å². The number of carbonyl (C=O) groups excluding carboxylic acids is 2. The Balaban J connectivity index is 2.01. The fourth-order valence-electron chi connectivity index (χ4n) is 2.46. The summed E-state index contributed by atoms with van der Waals surface area (Å²) in [7, 11) is 0. The van der Waals surface area contributed by atoms with Crippen molar-refractivity contribution >= 4 is 34.9 Å². The van der Waals surface area contributed by atoms with E-state index in [-0.39, 0.29) is 30.3 Å². The normalized spacial score (nSPS) is 12.2. The molecule has 0 spiro atoms. The molecule has 1 unspecified atom stereocenters. The van der Waals surface area contributed by atoms with Crippen molar-refractivity contribution in [3.8, 4) is 0 Å². The molecule has 2 rings (SSSR count). The lowest BCUT2D eigenvalue weighted by Gasteiger charge is -2.16. The molecule has 0 aliphatic carbocycles. The molecule has 0 saturated heterocycles. The van der Waals surface area contributed by atoms with Crippen LogP contribution in [-0.2, 0) is 9.53 Å². The van der Waals surface area contributed by atoms with Crippen LogP contribution in [0.3, 0.4) is 0 Å². The van der Waals surface area contributed by atoms with Crippen molar-refractivity contribution < 1.29 is 18.7 Å². The maximum atomic E-state index is 13.0. The van der Waals surface area contributed by atoms with Gasteiger partial charge in [0.25, 0.3) is 0 Å². The molecule has 0 aliphatic rings. The van der Waals surface area contributed by atoms with Crippen LogP contribution in [0.25, 0.3) is 0 Å². The Morgan fingerprint density at radius 3 is 2.60 bits per heavy atom. The van der Waals surface area contributed by atoms with Gasteiger partial charge < -0.3 is 20.7 Å². The predicted molar refractivity (Wildman–Crippen MR) is 115 cm³/mol. The summed E-state index contributed by atoms with van der Waals surface area (Å²) in [5.74, 6) is -0.655. The molecular weight excluding hydrogens is 409 g/mol. The average molecular weight is 436 g/mol. The molecule has 162 valence electrons. The van der Waals surface area contributed by atoms with Crippen LogP contribution in [0.15, 0.2) is 29.3 Å². The largest absolute Gasteiger partial charge is 0.462 e. The Morgan fingerprint density at radius 2 is 1.97 bits per heavy atom. The number of hydrogen-bond acceptors (Lipinski definition) is 6. The van der Waals surface area contributed by atoms with Crippen LogP contribution in [0, 0.1) is 12.7 Å². The lowest BCUT2D eigenvalue weighted by molar-refractivity contribution is -0.114. The lowest BCUT2D eigenvalue weighted by Crippen LogP contribution is -2.39. The molecule has 1 aromatic carbocycles. The summed E-state index contributed by atoms with van der Waals surface area (Å²) in [4.78, 5) is 33.3. The van der Waals surface area contributed by atoms with Crippen LogP contribution in [0.5, 0.6) is 0 Å². The Kier molecular flexibility index (Phi) is 8.72. The summed E-state index contributed by atoms with van der Waals surface area (Å²) in [6, 6.07) is 5.26. The van der Waals surface area contributed by atoms with Crippen molar-refractivity contribution in [1.82, 2.24) is 15.6 Å². The number of nitrogens with zero attached hydrogens (tertiary/aromatic N) is 2. The van der Waals surface area contributed by atoms with E-state index in [0.717, 1.165) is 0 Å². The topological polar surface area (TPSA) is 105 Å². The predicted octanol–water partition coefficient (Wildman–Crippen LogP) is 3.02. The zero-order chi connectivity index (χ0) is 22.1. The van der Waals surface area contributed by atoms with Crippen molar-refractivity contribution in [2.75, 3.05) is 25.0 Å². The van der Waals surface area contributed by atoms with E-state index in [1.54, 1.807) is 13.8 Å². The Labute approximate surface area is 179 Å². The number of nitrogens with one attached hydrogen (secondary N) is 3. The molecule has 0 aliphatic heterocycles. The highest BCUT2D eigenvalue weighted by Gasteiger charge is 2.20. The molecular formula is C20H26FN5O3S. The van der Waals surface area contributed by atoms with Crippen molar-refractivity contribution in [2.24, 2.45) is 4.99 Å². The van der Waals surface area contributed by atoms with Crippen LogP contribution in [0.4, 0.5) is 10.1 Å². The fourth-order valence-corrected chi connectivity index (χ4v) is 3.42. The number of halogens is 1. The van der Waals surface area contributed by atoms with Crippen molar-refractivity contribution in [2.45, 2.75) is 33.7 Å². The second-order valence-electron chi connectivity index (χ2n) is 6.30. The number of rotatable bonds is 8. The van der Waals surface area contributed by atoms with Crippen LogP contribution in [0.2, 0.25) is 0 Å². The van der Waals surface area contributed by atoms with Gasteiger partial charge in [0.15, 0.2) is 5.96 Å². The standard InChI is InChI=1S/C20H26FN5O3S/c1-5-22-20(23-11-16(27)26-15-9-7-14(21)8-10-15)25-13(4)18-24-12(3)17(30-18)19(28)29-6-2/h7-10,13H,5-6,11H2,1-4H3,(H,26,27)(H2,22,23,25). The maximum Gasteiger partial charge on any atom is 0.350 e. The van der Waals surface area contributed by atoms with Crippen LogP contribution in [0.1, 0.15) is 47.2 Å². The molecule has 10 heteroatoms. The number of benzene rings is 1. The summed E-state index contributed by atoms with van der Waals surface area (Å²) < 4.78 is 18.0. The first-order valence-electron chi connectivity index (χ1n) is 9.58. The molecule has 8 nitrogen and oxygen atoms in total. The number of anilines is 1. The van der Waals surface area contributed by atoms with Crippen LogP contribution in [-0.4, -0.2) is 42.5 Å². The molecule has 2 aromatic rings. The first-order valence-corrected chi connectivity index (χ1v) is 10.4. The van der Waals surface area contributed by atoms with Gasteiger partial charge in [0.1, 0.15) is 22.2 Å². The highest BCUT2D eigenvalue weighted by atomic mass is 32.1. The van der Waals surface area contributed by atoms with E-state index in [1.807, 2.05) is 13.8 Å². The third kappa shape index (κ3) is 6.80. The van der Waals surface area contributed by atoms with Gasteiger partial charge in [-0.3, -0.25) is 4.79 Å². The summed E-state index contributed by atoms with van der Waals surface area (Å²) in [6.07, 6.45) is 0. The molecule has 1 heterocycles. The molecule has 1 aromatic heterocycles. The van der Waals surface area contributed by atoms with Gasteiger partial charge in [-0.05, 0) is 52.0 Å². The lowest BCUT2D eigenvalue weighted by atomic mass is 10.3. The Bertz CT molecular complexity index is 898. The van der Waals surface area contributed by atoms with Gasteiger partial charge in [0.05, 0.1) is 18.3 Å². The van der Waals surface area contributed by atoms with E-state index in [4.69, 9.17) is 4.74 Å². The number of aromatic nitrogens is 1. The molecule has 0 fully saturated rings. The molecule has 1 amide bonds. The van der Waals surface area contributed by atoms with E-state index in [0.29, 0.717) is 40.4 Å². The number of carbonyl (C=O) groups is 2. The van der Waals surface area contributed by atoms with Gasteiger partial charge in [-0.2, -0.15) is 0 Å². The van der Waals surface area contributed by atoms with Gasteiger partial charge in [-0.1, -0.05) is 0 Å². The smallest absolute Gasteiger partial charge is 0.350 e. The van der Waals surface area contributed by atoms with Gasteiger partial charge in [-0.15, -0.1) is 11.3 Å². The number of aryl methyl sites for hydroxylation is 1. The fraction of sp³-hybridized carbons (Fsp3) is 0.400. The van der Waals surface area contributed by atoms with Crippen molar-refractivity contribution in [3.05, 3.63) is 45.7 Å². The van der Waals surface area contributed by atoms with Crippen molar-refractivity contribution in [3.63, 3.8) is 0 Å². The van der Waals surface area contributed by atoms with E-state index >= 15 is 0 Å². The number of amides is 1. The summed E-state index contributed by atoms with van der Waals surface area (Å²) in [5, 5.41) is 9.61. The van der Waals surface area contributed by atoms with E-state index in [2.05, 4.69) is 25.9 Å². The number of esters is 1. The summed E-state index contributed by atoms with van der Waals surface area (Å²) in [6.45, 7) is 8.10. The van der Waals surface area contributed by atoms with Crippen molar-refractivity contribution in [1.29, 1.82) is 0 Å². The van der Waals surface area contributed by atoms with Gasteiger partial charge in [-0.25, -0.2) is 19.2 Å². The second kappa shape index (κ2) is 11.2. The first-order chi connectivity index (χ1) is 14.3. The minimum Gasteiger partial charge on any atom is -0.462 e. The highest BCUT2D eigenvalue weighted by molar-refractivity contribution is 7.13. The third-order valence-corrected chi connectivity index (χ3v) is 5.17. The first kappa shape index (κ1) is 23.3. The number of aliphatic imine (C=N–C) groups is 1. The number of ether oxygens (including phenoxy) is 1. The number of guanidine groups is 1. The Morgan fingerprint density at radius 1 is 1.27 bits per heavy atom. The van der Waals surface area contributed by atoms with E-state index in [9.17, 15) is 14.0 Å². The van der Waals surface area contributed by atoms with Crippen LogP contribution < -0.4 is 16.0 Å². The molecule has 3 N–H and O–H groups in total. The zero-order valence-electron chi connectivity index (χ0n) is 17.4. The Hall–Kier alpha value is -3.01. The minimum atomic E-state index is -0.385. The third-order valence-electron chi connectivity index (χ3n) is 3.85. The SMILES string of the molecule is CCNC(=NCC(=O)Nc1ccc(F)cc1)NC(C)c1nc(C)c(C(=O)OCC)s1. The van der Waals surface area contributed by atoms with E-state index < -0.39 is 0 Å². The molecule has 0 bridgehead atoms. The molecule has 1 atom stereocenters. The minimum absolute atomic E-state index is 0.121. The zero-order valence-corrected chi connectivity index (χ0v) is 18.2. The monoisotopic (exact) mass is 435 g/mol. The molecule has 0 radical (unpaired) electrons. The summed E-state index contributed by atoms with van der Waals surface area (Å²) in [5.41, 5.74) is 1.11. The summed E-state index contributed by atoms with van der Waals surface area (Å²) >= 11 is 1.26.